The first-order chi connectivity index (χ1) is 12.8. The summed E-state index contributed by atoms with van der Waals surface area (Å²) in [6.45, 7) is 2.06. The highest BCUT2D eigenvalue weighted by Crippen LogP contribution is 2.33. The van der Waals surface area contributed by atoms with Crippen LogP contribution in [0.15, 0.2) is 29.6 Å². The molecule has 144 valence electrons. The third-order valence-corrected chi connectivity index (χ3v) is 4.86. The molecule has 1 heterocycles. The number of halogens is 3. The van der Waals surface area contributed by atoms with Crippen molar-refractivity contribution >= 4 is 23.2 Å². The Hall–Kier alpha value is -2.42. The standard InChI is InChI=1S/C18H17F3N2O3S/c1-2-26-17(25)14-10-27-15(22-14)9-23(13-6-7-13)16(24)11-4-3-5-12(8-11)18(19,20)21/h3-5,8,10,13H,2,6-7,9H2,1H3. The van der Waals surface area contributed by atoms with Gasteiger partial charge in [-0.25, -0.2) is 9.78 Å². The predicted molar refractivity (Wildman–Crippen MR) is 92.4 cm³/mol. The Bertz CT molecular complexity index is 846. The van der Waals surface area contributed by atoms with Crippen LogP contribution in [0.1, 0.15) is 51.2 Å². The fourth-order valence-electron chi connectivity index (χ4n) is 2.58. The van der Waals surface area contributed by atoms with Crippen LogP contribution >= 0.6 is 11.3 Å². The highest BCUT2D eigenvalue weighted by Gasteiger charge is 2.35. The largest absolute Gasteiger partial charge is 0.461 e. The first-order valence-electron chi connectivity index (χ1n) is 8.39. The Morgan fingerprint density at radius 1 is 1.33 bits per heavy atom. The van der Waals surface area contributed by atoms with E-state index < -0.39 is 23.6 Å². The fraction of sp³-hybridized carbons (Fsp3) is 0.389. The molecule has 0 saturated heterocycles. The number of alkyl halides is 3. The molecule has 1 amide bonds. The summed E-state index contributed by atoms with van der Waals surface area (Å²) >= 11 is 1.21. The van der Waals surface area contributed by atoms with Crippen molar-refractivity contribution < 1.29 is 27.5 Å². The molecule has 1 aromatic carbocycles. The van der Waals surface area contributed by atoms with Gasteiger partial charge in [-0.2, -0.15) is 13.2 Å². The molecule has 1 aliphatic carbocycles. The molecule has 0 atom stereocenters. The smallest absolute Gasteiger partial charge is 0.416 e. The Morgan fingerprint density at radius 2 is 2.07 bits per heavy atom. The summed E-state index contributed by atoms with van der Waals surface area (Å²) in [4.78, 5) is 30.2. The number of aromatic nitrogens is 1. The molecule has 9 heteroatoms. The molecule has 2 aromatic rings. The lowest BCUT2D eigenvalue weighted by Gasteiger charge is -2.21. The lowest BCUT2D eigenvalue weighted by atomic mass is 10.1. The minimum atomic E-state index is -4.51. The average molecular weight is 398 g/mol. The molecule has 0 bridgehead atoms. The number of nitrogens with zero attached hydrogens (tertiary/aromatic N) is 2. The zero-order valence-electron chi connectivity index (χ0n) is 14.5. The van der Waals surface area contributed by atoms with E-state index in [9.17, 15) is 22.8 Å². The van der Waals surface area contributed by atoms with Crippen LogP contribution < -0.4 is 0 Å². The number of ether oxygens (including phenoxy) is 1. The Kier molecular flexibility index (Phi) is 5.50. The Balaban J connectivity index is 1.78. The molecule has 5 nitrogen and oxygen atoms in total. The van der Waals surface area contributed by atoms with Crippen molar-refractivity contribution in [3.8, 4) is 0 Å². The summed E-state index contributed by atoms with van der Waals surface area (Å²) < 4.78 is 43.6. The normalized spacial score (nSPS) is 14.1. The van der Waals surface area contributed by atoms with Crippen LogP contribution in [0.4, 0.5) is 13.2 Å². The Morgan fingerprint density at radius 3 is 2.70 bits per heavy atom. The van der Waals surface area contributed by atoms with Gasteiger partial charge in [0.2, 0.25) is 0 Å². The van der Waals surface area contributed by atoms with Gasteiger partial charge in [0.05, 0.1) is 18.7 Å². The molecule has 0 spiro atoms. The summed E-state index contributed by atoms with van der Waals surface area (Å²) in [6, 6.07) is 4.37. The third kappa shape index (κ3) is 4.65. The second-order valence-electron chi connectivity index (χ2n) is 6.09. The summed E-state index contributed by atoms with van der Waals surface area (Å²) in [6.07, 6.45) is -2.92. The highest BCUT2D eigenvalue weighted by molar-refractivity contribution is 7.09. The van der Waals surface area contributed by atoms with E-state index in [0.29, 0.717) is 5.01 Å². The van der Waals surface area contributed by atoms with Gasteiger partial charge in [-0.15, -0.1) is 11.3 Å². The fourth-order valence-corrected chi connectivity index (χ4v) is 3.34. The van der Waals surface area contributed by atoms with E-state index in [1.165, 1.54) is 28.4 Å². The van der Waals surface area contributed by atoms with Crippen molar-refractivity contribution in [1.29, 1.82) is 0 Å². The third-order valence-electron chi connectivity index (χ3n) is 4.03. The lowest BCUT2D eigenvalue weighted by Crippen LogP contribution is -2.32. The number of benzene rings is 1. The SMILES string of the molecule is CCOC(=O)c1csc(CN(C(=O)c2cccc(C(F)(F)F)c2)C2CC2)n1. The van der Waals surface area contributed by atoms with Crippen LogP contribution in [0.5, 0.6) is 0 Å². The molecule has 0 aliphatic heterocycles. The quantitative estimate of drug-likeness (QED) is 0.686. The van der Waals surface area contributed by atoms with Crippen molar-refractivity contribution in [2.24, 2.45) is 0 Å². The number of hydrogen-bond donors (Lipinski definition) is 0. The molecule has 0 radical (unpaired) electrons. The first-order valence-corrected chi connectivity index (χ1v) is 9.27. The molecule has 0 unspecified atom stereocenters. The molecule has 3 rings (SSSR count). The number of amides is 1. The van der Waals surface area contributed by atoms with E-state index in [0.717, 1.165) is 25.0 Å². The molecule has 27 heavy (non-hydrogen) atoms. The zero-order chi connectivity index (χ0) is 19.6. The minimum absolute atomic E-state index is 0.0149. The van der Waals surface area contributed by atoms with E-state index in [-0.39, 0.29) is 30.5 Å². The average Bonchev–Trinajstić information content (AvgIpc) is 3.36. The van der Waals surface area contributed by atoms with Crippen LogP contribution in [-0.4, -0.2) is 34.4 Å². The molecule has 1 aliphatic rings. The van der Waals surface area contributed by atoms with Gasteiger partial charge in [0.1, 0.15) is 5.01 Å². The maximum Gasteiger partial charge on any atom is 0.416 e. The molecule has 1 aromatic heterocycles. The summed E-state index contributed by atoms with van der Waals surface area (Å²) in [5.41, 5.74) is -0.707. The number of carbonyl (C=O) groups is 2. The van der Waals surface area contributed by atoms with Crippen molar-refractivity contribution in [2.75, 3.05) is 6.61 Å². The van der Waals surface area contributed by atoms with Gasteiger partial charge in [-0.1, -0.05) is 6.07 Å². The molecule has 1 saturated carbocycles. The summed E-state index contributed by atoms with van der Waals surface area (Å²) in [5.74, 6) is -1.02. The number of esters is 1. The van der Waals surface area contributed by atoms with Gasteiger partial charge in [0, 0.05) is 17.0 Å². The highest BCUT2D eigenvalue weighted by atomic mass is 32.1. The van der Waals surface area contributed by atoms with Crippen molar-refractivity contribution in [2.45, 2.75) is 38.5 Å². The second-order valence-corrected chi connectivity index (χ2v) is 7.03. The van der Waals surface area contributed by atoms with Crippen LogP contribution in [-0.2, 0) is 17.5 Å². The van der Waals surface area contributed by atoms with Gasteiger partial charge in [0.25, 0.3) is 5.91 Å². The molecular formula is C18H17F3N2O3S. The van der Waals surface area contributed by atoms with E-state index in [4.69, 9.17) is 4.74 Å². The Labute approximate surface area is 157 Å². The van der Waals surface area contributed by atoms with Gasteiger partial charge in [-0.05, 0) is 38.0 Å². The van der Waals surface area contributed by atoms with Crippen LogP contribution in [0, 0.1) is 0 Å². The first kappa shape index (κ1) is 19.3. The van der Waals surface area contributed by atoms with E-state index in [1.54, 1.807) is 12.3 Å². The monoisotopic (exact) mass is 398 g/mol. The van der Waals surface area contributed by atoms with E-state index >= 15 is 0 Å². The maximum atomic E-state index is 12.9. The molecular weight excluding hydrogens is 381 g/mol. The lowest BCUT2D eigenvalue weighted by molar-refractivity contribution is -0.137. The van der Waals surface area contributed by atoms with Crippen LogP contribution in [0.3, 0.4) is 0 Å². The maximum absolute atomic E-state index is 12.9. The van der Waals surface area contributed by atoms with E-state index in [2.05, 4.69) is 4.98 Å². The topological polar surface area (TPSA) is 59.5 Å². The summed E-state index contributed by atoms with van der Waals surface area (Å²) in [7, 11) is 0. The molecule has 0 N–H and O–H groups in total. The number of hydrogen-bond acceptors (Lipinski definition) is 5. The van der Waals surface area contributed by atoms with Gasteiger partial charge in [-0.3, -0.25) is 4.79 Å². The van der Waals surface area contributed by atoms with Gasteiger partial charge < -0.3 is 9.64 Å². The van der Waals surface area contributed by atoms with E-state index in [1.807, 2.05) is 0 Å². The number of rotatable bonds is 6. The van der Waals surface area contributed by atoms with Crippen LogP contribution in [0.25, 0.3) is 0 Å². The minimum Gasteiger partial charge on any atom is -0.461 e. The summed E-state index contributed by atoms with van der Waals surface area (Å²) in [5, 5.41) is 2.08. The van der Waals surface area contributed by atoms with Crippen molar-refractivity contribution in [1.82, 2.24) is 9.88 Å². The van der Waals surface area contributed by atoms with Gasteiger partial charge in [0.15, 0.2) is 5.69 Å². The van der Waals surface area contributed by atoms with Crippen molar-refractivity contribution in [3.05, 3.63) is 51.5 Å². The van der Waals surface area contributed by atoms with Crippen LogP contribution in [0.2, 0.25) is 0 Å². The number of carbonyl (C=O) groups excluding carboxylic acids is 2. The predicted octanol–water partition coefficient (Wildman–Crippen LogP) is 4.14. The number of thiazole rings is 1. The zero-order valence-corrected chi connectivity index (χ0v) is 15.3. The van der Waals surface area contributed by atoms with Crippen molar-refractivity contribution in [3.63, 3.8) is 0 Å². The molecule has 1 fully saturated rings. The van der Waals surface area contributed by atoms with Gasteiger partial charge >= 0.3 is 12.1 Å². The second kappa shape index (κ2) is 7.67.